The number of benzene rings is 3. The van der Waals surface area contributed by atoms with Crippen molar-refractivity contribution in [1.29, 1.82) is 0 Å². The normalized spacial score (nSPS) is 19.4. The monoisotopic (exact) mass is 936 g/mol. The van der Waals surface area contributed by atoms with Crippen molar-refractivity contribution >= 4 is 49.2 Å². The summed E-state index contributed by atoms with van der Waals surface area (Å²) in [6, 6.07) is 22.0. The quantitative estimate of drug-likeness (QED) is 0.0675. The first kappa shape index (κ1) is 48.3. The van der Waals surface area contributed by atoms with E-state index in [4.69, 9.17) is 9.57 Å². The molecule has 15 heteroatoms. The Hall–Kier alpha value is -5.61. The molecule has 3 aromatic carbocycles. The number of allylic oxidation sites excluding steroid dienone is 8. The van der Waals surface area contributed by atoms with Gasteiger partial charge in [-0.25, -0.2) is 21.6 Å². The van der Waals surface area contributed by atoms with Gasteiger partial charge in [0.25, 0.3) is 5.91 Å². The van der Waals surface area contributed by atoms with Crippen LogP contribution in [0, 0.1) is 0 Å². The lowest BCUT2D eigenvalue weighted by Crippen LogP contribution is -2.28. The Labute approximate surface area is 389 Å². The molecule has 0 bridgehead atoms. The van der Waals surface area contributed by atoms with E-state index in [0.29, 0.717) is 68.8 Å². The number of para-hydroxylation sites is 2. The minimum Gasteiger partial charge on any atom is -0.748 e. The summed E-state index contributed by atoms with van der Waals surface area (Å²) < 4.78 is 78.6. The van der Waals surface area contributed by atoms with Crippen molar-refractivity contribution in [2.45, 2.75) is 114 Å². The zero-order chi connectivity index (χ0) is 47.4. The van der Waals surface area contributed by atoms with Crippen molar-refractivity contribution in [3.63, 3.8) is 0 Å². The number of unbranched alkanes of at least 4 members (excludes halogenated alkanes) is 3. The molecule has 0 spiro atoms. The Bertz CT molecular complexity index is 2770. The van der Waals surface area contributed by atoms with Crippen LogP contribution in [0.1, 0.15) is 109 Å². The molecule has 0 radical (unpaired) electrons. The number of rotatable bonds is 18. The average molecular weight is 937 g/mol. The van der Waals surface area contributed by atoms with Crippen molar-refractivity contribution in [2.24, 2.45) is 0 Å². The van der Waals surface area contributed by atoms with Gasteiger partial charge in [-0.1, -0.05) is 62.9 Å². The highest BCUT2D eigenvalue weighted by atomic mass is 32.2. The standard InChI is InChI=1S/C51H59N3O10S2/c1-36-23-32-47(55)54(36)64-48(56)22-7-6-12-33-52-43-20-10-8-18-41(43)50(2,3)45(52)30-24-37-16-15-17-38(49(37)63-39-26-28-40(29-27-39)66(60,61)62)25-31-46-51(4,5)42-19-9-11-21-44(42)53(46)34-13-14-35-65(57,58)59/h8-11,18-21,24-31H,1,6-7,12-17,22-23,32-35H2,2-5H3,(H-,57,58,59,60,61,62)/p-1. The largest absolute Gasteiger partial charge is 0.748 e. The van der Waals surface area contributed by atoms with Crippen LogP contribution in [0.5, 0.6) is 5.75 Å². The van der Waals surface area contributed by atoms with E-state index >= 15 is 0 Å². The van der Waals surface area contributed by atoms with Crippen LogP contribution in [0.2, 0.25) is 0 Å². The van der Waals surface area contributed by atoms with Gasteiger partial charge in [0.15, 0.2) is 5.71 Å². The lowest BCUT2D eigenvalue weighted by atomic mass is 9.81. The minimum absolute atomic E-state index is 0.186. The highest BCUT2D eigenvalue weighted by Crippen LogP contribution is 2.48. The van der Waals surface area contributed by atoms with Crippen LogP contribution in [0.25, 0.3) is 0 Å². The molecule has 3 heterocycles. The number of carbonyl (C=O) groups is 2. The molecule has 1 amide bonds. The Morgan fingerprint density at radius 1 is 0.803 bits per heavy atom. The molecule has 7 rings (SSSR count). The second-order valence-electron chi connectivity index (χ2n) is 18.3. The molecule has 3 aromatic rings. The highest BCUT2D eigenvalue weighted by molar-refractivity contribution is 7.86. The molecule has 13 nitrogen and oxygen atoms in total. The minimum atomic E-state index is -4.67. The molecular weight excluding hydrogens is 879 g/mol. The van der Waals surface area contributed by atoms with E-state index < -0.39 is 37.4 Å². The number of hydroxylamine groups is 2. The number of fused-ring (bicyclic) bond motifs is 2. The Balaban J connectivity index is 1.21. The number of carbonyl (C=O) groups excluding carboxylic acids is 2. The first-order valence-electron chi connectivity index (χ1n) is 22.6. The van der Waals surface area contributed by atoms with E-state index in [1.165, 1.54) is 29.8 Å². The van der Waals surface area contributed by atoms with Gasteiger partial charge in [0, 0.05) is 66.1 Å². The average Bonchev–Trinajstić information content (AvgIpc) is 3.78. The van der Waals surface area contributed by atoms with Gasteiger partial charge >= 0.3 is 5.97 Å². The number of hydrogen-bond donors (Lipinski definition) is 0. The van der Waals surface area contributed by atoms with E-state index in [2.05, 4.69) is 92.3 Å². The number of nitrogens with zero attached hydrogens (tertiary/aromatic N) is 3. The van der Waals surface area contributed by atoms with E-state index in [9.17, 15) is 35.5 Å². The van der Waals surface area contributed by atoms with Gasteiger partial charge in [0.2, 0.25) is 5.69 Å². The lowest BCUT2D eigenvalue weighted by molar-refractivity contribution is -0.438. The highest BCUT2D eigenvalue weighted by Gasteiger charge is 2.44. The summed E-state index contributed by atoms with van der Waals surface area (Å²) in [5, 5.41) is 1.02. The summed E-state index contributed by atoms with van der Waals surface area (Å²) >= 11 is 0. The van der Waals surface area contributed by atoms with Crippen LogP contribution in [0.15, 0.2) is 137 Å². The second-order valence-corrected chi connectivity index (χ2v) is 21.2. The predicted octanol–water partition coefficient (Wildman–Crippen LogP) is 9.13. The summed E-state index contributed by atoms with van der Waals surface area (Å²) in [6.45, 7) is 13.8. The maximum absolute atomic E-state index is 12.6. The Kier molecular flexibility index (Phi) is 14.4. The van der Waals surface area contributed by atoms with Gasteiger partial charge < -0.3 is 23.6 Å². The maximum Gasteiger partial charge on any atom is 0.333 e. The maximum atomic E-state index is 12.6. The van der Waals surface area contributed by atoms with Gasteiger partial charge in [-0.3, -0.25) is 4.79 Å². The Morgan fingerprint density at radius 3 is 2.21 bits per heavy atom. The van der Waals surface area contributed by atoms with Crippen molar-refractivity contribution < 1.29 is 49.7 Å². The molecule has 4 aliphatic rings. The zero-order valence-electron chi connectivity index (χ0n) is 38.1. The molecule has 1 saturated heterocycles. The molecule has 1 fully saturated rings. The molecule has 0 N–H and O–H groups in total. The van der Waals surface area contributed by atoms with Gasteiger partial charge in [0.1, 0.15) is 28.2 Å². The fourth-order valence-electron chi connectivity index (χ4n) is 9.43. The van der Waals surface area contributed by atoms with E-state index in [1.54, 1.807) is 0 Å². The third-order valence-electron chi connectivity index (χ3n) is 12.9. The first-order chi connectivity index (χ1) is 31.3. The van der Waals surface area contributed by atoms with Crippen LogP contribution in [0.4, 0.5) is 11.4 Å². The van der Waals surface area contributed by atoms with E-state index in [1.807, 2.05) is 24.3 Å². The molecule has 350 valence electrons. The van der Waals surface area contributed by atoms with Crippen LogP contribution < -0.4 is 9.64 Å². The van der Waals surface area contributed by atoms with Gasteiger partial charge in [0.05, 0.1) is 26.1 Å². The first-order valence-corrected chi connectivity index (χ1v) is 25.6. The molecule has 1 aliphatic carbocycles. The summed E-state index contributed by atoms with van der Waals surface area (Å²) in [5.41, 5.74) is 8.15. The lowest BCUT2D eigenvalue weighted by Gasteiger charge is -2.28. The van der Waals surface area contributed by atoms with Crippen LogP contribution in [0.3, 0.4) is 0 Å². The van der Waals surface area contributed by atoms with Crippen molar-refractivity contribution in [3.05, 3.63) is 143 Å². The molecule has 0 atom stereocenters. The number of anilines is 1. The van der Waals surface area contributed by atoms with Gasteiger partial charge in [-0.05, 0) is 124 Å². The second kappa shape index (κ2) is 19.7. The summed E-state index contributed by atoms with van der Waals surface area (Å²) in [7, 11) is -9.00. The fourth-order valence-corrected chi connectivity index (χ4v) is 10.5. The van der Waals surface area contributed by atoms with Crippen LogP contribution in [-0.4, -0.2) is 72.0 Å². The summed E-state index contributed by atoms with van der Waals surface area (Å²) in [6.07, 6.45) is 14.5. The third kappa shape index (κ3) is 10.8. The molecule has 3 aliphatic heterocycles. The van der Waals surface area contributed by atoms with E-state index in [0.717, 1.165) is 63.8 Å². The van der Waals surface area contributed by atoms with Crippen molar-refractivity contribution in [2.75, 3.05) is 23.7 Å². The molecule has 0 aromatic heterocycles. The summed E-state index contributed by atoms with van der Waals surface area (Å²) in [5.74, 6) is -0.132. The molecule has 66 heavy (non-hydrogen) atoms. The SMILES string of the molecule is C=C1CCC(=O)N1OC(=O)CCCCC[N+]1=C(/C=C/C2=C(Oc3ccc(S(=O)(=O)[O-])cc3)C(=C/C=C3/N(CCCCS(=O)(=O)[O-])c4ccccc4C3(C)C)/CCC2)C(C)(C)c2ccccc21. The van der Waals surface area contributed by atoms with E-state index in [-0.39, 0.29) is 29.1 Å². The number of hydrogen-bond acceptors (Lipinski definition) is 11. The van der Waals surface area contributed by atoms with Gasteiger partial charge in [-0.15, -0.1) is 5.06 Å². The van der Waals surface area contributed by atoms with Crippen molar-refractivity contribution in [1.82, 2.24) is 5.06 Å². The Morgan fingerprint density at radius 2 is 1.52 bits per heavy atom. The fraction of sp³-hybridized carbons (Fsp3) is 0.392. The summed E-state index contributed by atoms with van der Waals surface area (Å²) in [4.78, 5) is 31.8. The van der Waals surface area contributed by atoms with Gasteiger partial charge in [-0.2, -0.15) is 4.58 Å². The smallest absolute Gasteiger partial charge is 0.333 e. The molecule has 0 unspecified atom stereocenters. The topological polar surface area (TPSA) is 176 Å². The molecular formula is C51H58N3O10S2-. The van der Waals surface area contributed by atoms with Crippen LogP contribution >= 0.6 is 0 Å². The zero-order valence-corrected chi connectivity index (χ0v) is 39.7. The predicted molar refractivity (Wildman–Crippen MR) is 251 cm³/mol. The molecule has 0 saturated carbocycles. The third-order valence-corrected chi connectivity index (χ3v) is 14.6. The number of ether oxygens (including phenoxy) is 1. The van der Waals surface area contributed by atoms with Crippen molar-refractivity contribution in [3.8, 4) is 5.75 Å². The number of amides is 1. The van der Waals surface area contributed by atoms with Crippen LogP contribution in [-0.2, 0) is 45.5 Å².